The number of nitrogens with one attached hydrogen (secondary N) is 1. The Morgan fingerprint density at radius 3 is 2.41 bits per heavy atom. The van der Waals surface area contributed by atoms with E-state index < -0.39 is 5.91 Å². The van der Waals surface area contributed by atoms with Crippen LogP contribution in [0.25, 0.3) is 16.8 Å². The Balaban J connectivity index is 1.54. The molecule has 0 unspecified atom stereocenters. The Bertz CT molecular complexity index is 1430. The highest BCUT2D eigenvalue weighted by Crippen LogP contribution is 2.36. The molecule has 168 valence electrons. The monoisotopic (exact) mass is 486 g/mol. The lowest BCUT2D eigenvalue weighted by Crippen LogP contribution is -2.14. The summed E-state index contributed by atoms with van der Waals surface area (Å²) in [5.74, 6) is -0.170. The number of hydrogen-bond acceptors (Lipinski definition) is 3. The van der Waals surface area contributed by atoms with Gasteiger partial charge in [-0.1, -0.05) is 83.9 Å². The molecule has 0 saturated heterocycles. The van der Waals surface area contributed by atoms with Gasteiger partial charge in [0.2, 0.25) is 0 Å². The van der Waals surface area contributed by atoms with Gasteiger partial charge >= 0.3 is 0 Å². The molecular weight excluding hydrogens is 467 g/mol. The van der Waals surface area contributed by atoms with E-state index in [1.807, 2.05) is 73.7 Å². The molecule has 0 fully saturated rings. The molecule has 1 N–H and O–H groups in total. The Kier molecular flexibility index (Phi) is 7.18. The molecule has 4 aromatic rings. The van der Waals surface area contributed by atoms with Crippen molar-refractivity contribution in [1.82, 2.24) is 0 Å². The summed E-state index contributed by atoms with van der Waals surface area (Å²) in [5, 5.41) is 15.1. The number of para-hydroxylation sites is 1. The van der Waals surface area contributed by atoms with Gasteiger partial charge in [0.15, 0.2) is 5.75 Å². The summed E-state index contributed by atoms with van der Waals surface area (Å²) in [7, 11) is 0. The molecule has 6 heteroatoms. The van der Waals surface area contributed by atoms with Crippen LogP contribution in [0.5, 0.6) is 5.75 Å². The van der Waals surface area contributed by atoms with Gasteiger partial charge in [0.25, 0.3) is 5.91 Å². The summed E-state index contributed by atoms with van der Waals surface area (Å²) in [5.41, 5.74) is 2.99. The second kappa shape index (κ2) is 10.4. The van der Waals surface area contributed by atoms with E-state index in [0.717, 1.165) is 21.9 Å². The molecule has 4 rings (SSSR count). The smallest absolute Gasteiger partial charge is 0.266 e. The maximum atomic E-state index is 12.6. The van der Waals surface area contributed by atoms with Crippen molar-refractivity contribution in [3.05, 3.63) is 111 Å². The highest BCUT2D eigenvalue weighted by Gasteiger charge is 2.14. The zero-order valence-electron chi connectivity index (χ0n) is 18.3. The van der Waals surface area contributed by atoms with Crippen LogP contribution in [0.2, 0.25) is 10.0 Å². The van der Waals surface area contributed by atoms with Gasteiger partial charge < -0.3 is 10.1 Å². The number of carbonyl (C=O) groups excluding carboxylic acids is 1. The maximum absolute atomic E-state index is 12.6. The van der Waals surface area contributed by atoms with Crippen LogP contribution >= 0.6 is 23.2 Å². The average molecular weight is 487 g/mol. The molecule has 0 bridgehead atoms. The molecule has 4 nitrogen and oxygen atoms in total. The maximum Gasteiger partial charge on any atom is 0.266 e. The molecule has 0 saturated carbocycles. The van der Waals surface area contributed by atoms with Crippen LogP contribution in [-0.2, 0) is 11.4 Å². The molecule has 4 aromatic carbocycles. The van der Waals surface area contributed by atoms with Crippen LogP contribution in [-0.4, -0.2) is 5.91 Å². The van der Waals surface area contributed by atoms with Crippen molar-refractivity contribution in [2.45, 2.75) is 13.5 Å². The summed E-state index contributed by atoms with van der Waals surface area (Å²) in [6, 6.07) is 26.6. The average Bonchev–Trinajstić information content (AvgIpc) is 2.83. The highest BCUT2D eigenvalue weighted by molar-refractivity contribution is 6.37. The molecule has 34 heavy (non-hydrogen) atoms. The van der Waals surface area contributed by atoms with E-state index in [1.165, 1.54) is 6.08 Å². The Morgan fingerprint density at radius 2 is 1.68 bits per heavy atom. The molecule has 0 aliphatic rings. The van der Waals surface area contributed by atoms with Crippen LogP contribution in [0.1, 0.15) is 16.7 Å². The predicted molar refractivity (Wildman–Crippen MR) is 138 cm³/mol. The van der Waals surface area contributed by atoms with E-state index in [9.17, 15) is 10.1 Å². The minimum Gasteiger partial charge on any atom is -0.486 e. The fraction of sp³-hybridized carbons (Fsp3) is 0.0714. The third kappa shape index (κ3) is 5.23. The number of ether oxygens (including phenoxy) is 1. The van der Waals surface area contributed by atoms with Gasteiger partial charge in [0.1, 0.15) is 18.2 Å². The summed E-state index contributed by atoms with van der Waals surface area (Å²) in [6.07, 6.45) is 1.44. The zero-order chi connectivity index (χ0) is 24.1. The van der Waals surface area contributed by atoms with E-state index in [1.54, 1.807) is 18.2 Å². The van der Waals surface area contributed by atoms with Crippen LogP contribution in [0.15, 0.2) is 84.4 Å². The number of hydrogen-bond donors (Lipinski definition) is 1. The number of fused-ring (bicyclic) bond motifs is 1. The molecule has 0 radical (unpaired) electrons. The van der Waals surface area contributed by atoms with E-state index in [-0.39, 0.29) is 22.2 Å². The quantitative estimate of drug-likeness (QED) is 0.225. The van der Waals surface area contributed by atoms with Gasteiger partial charge in [-0.05, 0) is 58.7 Å². The van der Waals surface area contributed by atoms with E-state index >= 15 is 0 Å². The van der Waals surface area contributed by atoms with Crippen LogP contribution in [0.3, 0.4) is 0 Å². The number of halogens is 2. The first-order valence-corrected chi connectivity index (χ1v) is 11.3. The second-order valence-electron chi connectivity index (χ2n) is 7.68. The lowest BCUT2D eigenvalue weighted by molar-refractivity contribution is -0.112. The lowest BCUT2D eigenvalue weighted by Gasteiger charge is -2.13. The van der Waals surface area contributed by atoms with E-state index in [0.29, 0.717) is 17.0 Å². The molecular formula is C28H20Cl2N2O2. The molecule has 0 heterocycles. The van der Waals surface area contributed by atoms with Crippen molar-refractivity contribution in [2.24, 2.45) is 0 Å². The van der Waals surface area contributed by atoms with Crippen LogP contribution < -0.4 is 10.1 Å². The number of nitrogens with zero attached hydrogens (tertiary/aromatic N) is 1. The van der Waals surface area contributed by atoms with Crippen molar-refractivity contribution in [2.75, 3.05) is 5.32 Å². The Morgan fingerprint density at radius 1 is 1.00 bits per heavy atom. The van der Waals surface area contributed by atoms with Gasteiger partial charge in [0, 0.05) is 5.69 Å². The fourth-order valence-corrected chi connectivity index (χ4v) is 4.20. The lowest BCUT2D eigenvalue weighted by atomic mass is 10.1. The minimum absolute atomic E-state index is 0.0696. The topological polar surface area (TPSA) is 62.1 Å². The van der Waals surface area contributed by atoms with Gasteiger partial charge in [0.05, 0.1) is 10.0 Å². The first-order chi connectivity index (χ1) is 16.5. The Labute approximate surface area is 208 Å². The number of anilines is 1. The molecule has 1 amide bonds. The first kappa shape index (κ1) is 23.4. The zero-order valence-corrected chi connectivity index (χ0v) is 19.8. The standard InChI is InChI=1S/C28H20Cl2N2O2/c1-18-7-2-5-12-26(18)32-28(33)22(16-31)13-19-14-24(29)27(25(30)15-19)34-17-21-10-6-9-20-8-3-4-11-23(20)21/h2-15H,17H2,1H3,(H,32,33)/b22-13-. The number of nitriles is 1. The van der Waals surface area contributed by atoms with Gasteiger partial charge in [-0.2, -0.15) is 5.26 Å². The summed E-state index contributed by atoms with van der Waals surface area (Å²) < 4.78 is 5.96. The fourth-order valence-electron chi connectivity index (χ4n) is 3.59. The predicted octanol–water partition coefficient (Wildman–Crippen LogP) is 7.58. The molecule has 0 atom stereocenters. The summed E-state index contributed by atoms with van der Waals surface area (Å²) in [6.45, 7) is 2.17. The van der Waals surface area contributed by atoms with Crippen molar-refractivity contribution in [1.29, 1.82) is 5.26 Å². The summed E-state index contributed by atoms with van der Waals surface area (Å²) >= 11 is 12.9. The van der Waals surface area contributed by atoms with Crippen molar-refractivity contribution >= 4 is 51.6 Å². The van der Waals surface area contributed by atoms with Crippen molar-refractivity contribution in [3.8, 4) is 11.8 Å². The van der Waals surface area contributed by atoms with Crippen molar-refractivity contribution in [3.63, 3.8) is 0 Å². The second-order valence-corrected chi connectivity index (χ2v) is 8.49. The largest absolute Gasteiger partial charge is 0.486 e. The number of amides is 1. The Hall–Kier alpha value is -3.78. The number of carbonyl (C=O) groups is 1. The third-order valence-corrected chi connectivity index (χ3v) is 5.90. The normalized spacial score (nSPS) is 11.2. The third-order valence-electron chi connectivity index (χ3n) is 5.34. The van der Waals surface area contributed by atoms with Crippen LogP contribution in [0.4, 0.5) is 5.69 Å². The first-order valence-electron chi connectivity index (χ1n) is 10.5. The molecule has 0 aromatic heterocycles. The van der Waals surface area contributed by atoms with E-state index in [2.05, 4.69) is 5.32 Å². The summed E-state index contributed by atoms with van der Waals surface area (Å²) in [4.78, 5) is 12.6. The van der Waals surface area contributed by atoms with Crippen LogP contribution in [0, 0.1) is 18.3 Å². The SMILES string of the molecule is Cc1ccccc1NC(=O)/C(C#N)=C\c1cc(Cl)c(OCc2cccc3ccccc23)c(Cl)c1. The highest BCUT2D eigenvalue weighted by atomic mass is 35.5. The number of aryl methyl sites for hydroxylation is 1. The number of rotatable bonds is 6. The minimum atomic E-state index is -0.514. The number of benzene rings is 4. The molecule has 0 spiro atoms. The van der Waals surface area contributed by atoms with Gasteiger partial charge in [-0.25, -0.2) is 0 Å². The molecule has 0 aliphatic carbocycles. The van der Waals surface area contributed by atoms with E-state index in [4.69, 9.17) is 27.9 Å². The van der Waals surface area contributed by atoms with Gasteiger partial charge in [-0.3, -0.25) is 4.79 Å². The van der Waals surface area contributed by atoms with Crippen molar-refractivity contribution < 1.29 is 9.53 Å². The van der Waals surface area contributed by atoms with Gasteiger partial charge in [-0.15, -0.1) is 0 Å². The molecule has 0 aliphatic heterocycles.